The number of aliphatic hydroxyl groups is 1. The fourth-order valence-electron chi connectivity index (χ4n) is 5.18. The topological polar surface area (TPSA) is 81.7 Å². The van der Waals surface area contributed by atoms with Crippen molar-refractivity contribution in [1.82, 2.24) is 15.5 Å². The number of rotatable bonds is 6. The molecule has 0 saturated carbocycles. The minimum absolute atomic E-state index is 0.00979. The Kier molecular flexibility index (Phi) is 13.1. The lowest BCUT2D eigenvalue weighted by atomic mass is 9.88. The van der Waals surface area contributed by atoms with Crippen LogP contribution in [0.25, 0.3) is 0 Å². The Balaban J connectivity index is 2.02. The summed E-state index contributed by atoms with van der Waals surface area (Å²) in [5, 5.41) is 17.6. The van der Waals surface area contributed by atoms with Gasteiger partial charge in [0.15, 0.2) is 0 Å². The van der Waals surface area contributed by atoms with Crippen molar-refractivity contribution in [2.24, 2.45) is 11.3 Å². The molecule has 0 radical (unpaired) electrons. The average Bonchev–Trinajstić information content (AvgIpc) is 2.82. The SMILES string of the molecule is C[C@@H]1CCCCCCCCC(=O)N(C)[C@@H](C)C(=O)N[C@H]([C@H](O)CNCc2cccc(CC(C)(C)C)c2)C1. The van der Waals surface area contributed by atoms with E-state index in [1.165, 1.54) is 30.4 Å². The molecule has 6 heteroatoms. The number of benzene rings is 1. The van der Waals surface area contributed by atoms with Crippen molar-refractivity contribution in [2.75, 3.05) is 13.6 Å². The van der Waals surface area contributed by atoms with Gasteiger partial charge in [-0.25, -0.2) is 0 Å². The molecule has 0 aliphatic carbocycles. The highest BCUT2D eigenvalue weighted by Crippen LogP contribution is 2.22. The van der Waals surface area contributed by atoms with Crippen molar-refractivity contribution < 1.29 is 14.7 Å². The van der Waals surface area contributed by atoms with Crippen LogP contribution < -0.4 is 10.6 Å². The van der Waals surface area contributed by atoms with E-state index in [0.29, 0.717) is 25.4 Å². The third-order valence-electron chi connectivity index (χ3n) is 7.55. The lowest BCUT2D eigenvalue weighted by Gasteiger charge is -2.31. The Labute approximate surface area is 226 Å². The van der Waals surface area contributed by atoms with E-state index in [-0.39, 0.29) is 23.3 Å². The molecule has 3 N–H and O–H groups in total. The lowest BCUT2D eigenvalue weighted by molar-refractivity contribution is -0.139. The summed E-state index contributed by atoms with van der Waals surface area (Å²) in [7, 11) is 1.71. The van der Waals surface area contributed by atoms with Crippen LogP contribution in [0.2, 0.25) is 0 Å². The number of hydrogen-bond donors (Lipinski definition) is 3. The van der Waals surface area contributed by atoms with E-state index >= 15 is 0 Å². The molecule has 0 unspecified atom stereocenters. The molecule has 0 aromatic heterocycles. The van der Waals surface area contributed by atoms with Crippen LogP contribution >= 0.6 is 0 Å². The Bertz CT molecular complexity index is 835. The van der Waals surface area contributed by atoms with Crippen molar-refractivity contribution in [3.63, 3.8) is 0 Å². The van der Waals surface area contributed by atoms with Crippen LogP contribution in [0.3, 0.4) is 0 Å². The van der Waals surface area contributed by atoms with Gasteiger partial charge in [-0.1, -0.05) is 90.5 Å². The van der Waals surface area contributed by atoms with Gasteiger partial charge in [0.1, 0.15) is 6.04 Å². The van der Waals surface area contributed by atoms with Crippen molar-refractivity contribution in [3.05, 3.63) is 35.4 Å². The Morgan fingerprint density at radius 1 is 1.05 bits per heavy atom. The normalized spacial score (nSPS) is 24.5. The Morgan fingerprint density at radius 2 is 1.70 bits per heavy atom. The van der Waals surface area contributed by atoms with Crippen LogP contribution in [0.5, 0.6) is 0 Å². The molecule has 4 atom stereocenters. The quantitative estimate of drug-likeness (QED) is 0.485. The molecule has 1 aromatic carbocycles. The molecule has 1 heterocycles. The smallest absolute Gasteiger partial charge is 0.242 e. The fourth-order valence-corrected chi connectivity index (χ4v) is 5.18. The number of carbonyl (C=O) groups excluding carboxylic acids is 2. The van der Waals surface area contributed by atoms with E-state index in [4.69, 9.17) is 0 Å². The third kappa shape index (κ3) is 12.0. The number of amides is 2. The fraction of sp³-hybridized carbons (Fsp3) is 0.742. The first-order valence-corrected chi connectivity index (χ1v) is 14.5. The standard InChI is InChI=1S/C31H53N3O3/c1-23-14-11-9-7-8-10-12-17-29(36)34(6)24(2)30(37)33-27(18-23)28(35)22-32-21-26-16-13-15-25(19-26)20-31(3,4)5/h13,15-16,19,23-24,27-28,32,35H,7-12,14,17-18,20-22H2,1-6H3,(H,33,37)/t23-,24+,27+,28-/m1/s1. The minimum atomic E-state index is -0.712. The second-order valence-electron chi connectivity index (χ2n) is 12.6. The maximum atomic E-state index is 13.1. The van der Waals surface area contributed by atoms with Crippen LogP contribution in [-0.2, 0) is 22.6 Å². The molecule has 1 aliphatic rings. The number of nitrogens with zero attached hydrogens (tertiary/aromatic N) is 1. The van der Waals surface area contributed by atoms with Gasteiger partial charge in [0.05, 0.1) is 12.1 Å². The summed E-state index contributed by atoms with van der Waals surface area (Å²) in [5.41, 5.74) is 2.74. The molecule has 0 spiro atoms. The molecule has 210 valence electrons. The van der Waals surface area contributed by atoms with Crippen LogP contribution in [0, 0.1) is 11.3 Å². The zero-order valence-electron chi connectivity index (χ0n) is 24.3. The van der Waals surface area contributed by atoms with Gasteiger partial charge in [-0.2, -0.15) is 0 Å². The van der Waals surface area contributed by atoms with Gasteiger partial charge >= 0.3 is 0 Å². The number of likely N-dealkylation sites (N-methyl/N-ethyl adjacent to an activating group) is 1. The predicted octanol–water partition coefficient (Wildman–Crippen LogP) is 5.22. The molecule has 1 saturated heterocycles. The third-order valence-corrected chi connectivity index (χ3v) is 7.55. The predicted molar refractivity (Wildman–Crippen MR) is 152 cm³/mol. The van der Waals surface area contributed by atoms with E-state index in [2.05, 4.69) is 62.6 Å². The maximum Gasteiger partial charge on any atom is 0.242 e. The van der Waals surface area contributed by atoms with Gasteiger partial charge in [0, 0.05) is 26.6 Å². The Hall–Kier alpha value is -1.92. The van der Waals surface area contributed by atoms with Crippen LogP contribution in [0.15, 0.2) is 24.3 Å². The van der Waals surface area contributed by atoms with Crippen LogP contribution in [0.4, 0.5) is 0 Å². The first kappa shape index (κ1) is 31.3. The summed E-state index contributed by atoms with van der Waals surface area (Å²) < 4.78 is 0. The van der Waals surface area contributed by atoms with Crippen LogP contribution in [-0.4, -0.2) is 53.6 Å². The molecule has 1 aliphatic heterocycles. The lowest BCUT2D eigenvalue weighted by Crippen LogP contribution is -2.53. The first-order valence-electron chi connectivity index (χ1n) is 14.5. The minimum Gasteiger partial charge on any atom is -0.390 e. The largest absolute Gasteiger partial charge is 0.390 e. The summed E-state index contributed by atoms with van der Waals surface area (Å²) in [6, 6.07) is 7.68. The highest BCUT2D eigenvalue weighted by atomic mass is 16.3. The van der Waals surface area contributed by atoms with Crippen molar-refractivity contribution in [2.45, 2.75) is 124 Å². The van der Waals surface area contributed by atoms with Gasteiger partial charge in [-0.05, 0) is 48.6 Å². The van der Waals surface area contributed by atoms with Gasteiger partial charge in [0.25, 0.3) is 0 Å². The van der Waals surface area contributed by atoms with Crippen molar-refractivity contribution >= 4 is 11.8 Å². The zero-order valence-corrected chi connectivity index (χ0v) is 24.3. The number of carbonyl (C=O) groups is 2. The van der Waals surface area contributed by atoms with Gasteiger partial charge in [-0.3, -0.25) is 9.59 Å². The molecule has 2 rings (SSSR count). The first-order chi connectivity index (χ1) is 17.5. The Morgan fingerprint density at radius 3 is 2.41 bits per heavy atom. The monoisotopic (exact) mass is 515 g/mol. The van der Waals surface area contributed by atoms with E-state index < -0.39 is 12.1 Å². The van der Waals surface area contributed by atoms with E-state index in [0.717, 1.165) is 38.5 Å². The van der Waals surface area contributed by atoms with Crippen molar-refractivity contribution in [3.8, 4) is 0 Å². The summed E-state index contributed by atoms with van der Waals surface area (Å²) in [4.78, 5) is 27.2. The maximum absolute atomic E-state index is 13.1. The molecular formula is C31H53N3O3. The molecule has 6 nitrogen and oxygen atoms in total. The highest BCUT2D eigenvalue weighted by Gasteiger charge is 2.28. The van der Waals surface area contributed by atoms with Crippen molar-refractivity contribution in [1.29, 1.82) is 0 Å². The molecule has 37 heavy (non-hydrogen) atoms. The number of hydrogen-bond acceptors (Lipinski definition) is 4. The summed E-state index contributed by atoms with van der Waals surface area (Å²) in [6.45, 7) is 11.8. The summed E-state index contributed by atoms with van der Waals surface area (Å²) >= 11 is 0. The molecule has 2 amide bonds. The second kappa shape index (κ2) is 15.5. The number of nitrogens with one attached hydrogen (secondary N) is 2. The molecule has 0 bridgehead atoms. The zero-order chi connectivity index (χ0) is 27.4. The van der Waals surface area contributed by atoms with Gasteiger partial charge in [-0.15, -0.1) is 0 Å². The molecule has 1 aromatic rings. The second-order valence-corrected chi connectivity index (χ2v) is 12.6. The van der Waals surface area contributed by atoms with Gasteiger partial charge < -0.3 is 20.6 Å². The molecule has 1 fully saturated rings. The van der Waals surface area contributed by atoms with E-state index in [9.17, 15) is 14.7 Å². The summed E-state index contributed by atoms with van der Waals surface area (Å²) in [5.74, 6) is 0.209. The van der Waals surface area contributed by atoms with Gasteiger partial charge in [0.2, 0.25) is 11.8 Å². The average molecular weight is 516 g/mol. The summed E-state index contributed by atoms with van der Waals surface area (Å²) in [6.07, 6.45) is 9.28. The van der Waals surface area contributed by atoms with E-state index in [1.54, 1.807) is 18.9 Å². The highest BCUT2D eigenvalue weighted by molar-refractivity contribution is 5.87. The number of aliphatic hydroxyl groups excluding tert-OH is 1. The molecular weight excluding hydrogens is 462 g/mol. The van der Waals surface area contributed by atoms with Crippen LogP contribution in [0.1, 0.15) is 104 Å². The van der Waals surface area contributed by atoms with E-state index in [1.807, 2.05) is 0 Å².